The van der Waals surface area contributed by atoms with E-state index in [9.17, 15) is 14.7 Å². The van der Waals surface area contributed by atoms with Crippen molar-refractivity contribution in [3.8, 4) is 11.1 Å². The van der Waals surface area contributed by atoms with Crippen LogP contribution in [-0.2, 0) is 17.6 Å². The molecule has 4 nitrogen and oxygen atoms in total. The molecule has 0 aromatic heterocycles. The smallest absolute Gasteiger partial charge is 1.00 e. The Morgan fingerprint density at radius 3 is 2.28 bits per heavy atom. The van der Waals surface area contributed by atoms with E-state index >= 15 is 0 Å². The Bertz CT molecular complexity index is 1240. The number of aryl methyl sites for hydroxylation is 3. The van der Waals surface area contributed by atoms with E-state index < -0.39 is 12.0 Å². The number of benzene rings is 3. The van der Waals surface area contributed by atoms with Crippen LogP contribution in [0.5, 0.6) is 0 Å². The van der Waals surface area contributed by atoms with Gasteiger partial charge in [-0.25, -0.2) is 4.79 Å². The fourth-order valence-corrected chi connectivity index (χ4v) is 5.92. The van der Waals surface area contributed by atoms with Crippen LogP contribution < -0.4 is 24.2 Å². The van der Waals surface area contributed by atoms with Gasteiger partial charge in [-0.15, -0.1) is 0 Å². The molecule has 3 aromatic carbocycles. The quantitative estimate of drug-likeness (QED) is 0.353. The van der Waals surface area contributed by atoms with Crippen LogP contribution in [0.25, 0.3) is 11.1 Å². The van der Waals surface area contributed by atoms with Gasteiger partial charge in [-0.2, -0.15) is 11.8 Å². The van der Waals surface area contributed by atoms with Crippen molar-refractivity contribution in [1.82, 2.24) is 5.32 Å². The van der Waals surface area contributed by atoms with Crippen molar-refractivity contribution in [1.29, 1.82) is 0 Å². The summed E-state index contributed by atoms with van der Waals surface area (Å²) in [5.41, 5.74) is 7.38. The van der Waals surface area contributed by atoms with Crippen LogP contribution in [-0.4, -0.2) is 35.0 Å². The van der Waals surface area contributed by atoms with E-state index in [-0.39, 0.29) is 26.2 Å². The summed E-state index contributed by atoms with van der Waals surface area (Å²) >= 11 is 1.57. The first-order valence-corrected chi connectivity index (χ1v) is 15.2. The Labute approximate surface area is 251 Å². The SMILES string of the molecule is CSCCC(NC(=O)c1ccc(CCc2ccc(C3CCCCC3)cc2)cc1-c1ccccc1C)C(=O)O.[H-].[Li+]. The van der Waals surface area contributed by atoms with Gasteiger partial charge in [-0.05, 0) is 96.4 Å². The molecule has 1 aliphatic rings. The number of amides is 1. The number of thioether (sulfide) groups is 1. The number of nitrogens with one attached hydrogen (secondary N) is 1. The third-order valence-corrected chi connectivity index (χ3v) is 8.38. The van der Waals surface area contributed by atoms with E-state index in [0.29, 0.717) is 17.7 Å². The minimum Gasteiger partial charge on any atom is -1.00 e. The fraction of sp³-hybridized carbons (Fsp3) is 0.394. The summed E-state index contributed by atoms with van der Waals surface area (Å²) in [4.78, 5) is 25.0. The first kappa shape index (κ1) is 31.1. The molecule has 0 heterocycles. The molecular weight excluding hydrogens is 497 g/mol. The standard InChI is InChI=1S/C33H39NO3S.Li.H/c1-23-8-6-7-11-28(23)30-22-25(16-19-29(30)32(35)34-31(33(36)37)20-21-38-2)13-12-24-14-17-27(18-15-24)26-9-4-3-5-10-26;;/h6-8,11,14-19,22,26,31H,3-5,9-10,12-13,20-21H2,1-2H3,(H,34,35)(H,36,37);;/q;+1;-1. The van der Waals surface area contributed by atoms with Crippen LogP contribution >= 0.6 is 11.8 Å². The molecule has 1 unspecified atom stereocenters. The summed E-state index contributed by atoms with van der Waals surface area (Å²) in [6.07, 6.45) is 10.8. The topological polar surface area (TPSA) is 66.4 Å². The van der Waals surface area contributed by atoms with Gasteiger partial charge in [-0.1, -0.05) is 79.9 Å². The monoisotopic (exact) mass is 537 g/mol. The summed E-state index contributed by atoms with van der Waals surface area (Å²) in [6.45, 7) is 2.04. The Hall–Kier alpha value is -2.45. The number of carbonyl (C=O) groups is 2. The predicted octanol–water partition coefficient (Wildman–Crippen LogP) is 4.55. The summed E-state index contributed by atoms with van der Waals surface area (Å²) in [6, 6.07) is 22.3. The number of rotatable bonds is 11. The molecule has 3 aromatic rings. The van der Waals surface area contributed by atoms with Crippen molar-refractivity contribution in [3.05, 3.63) is 94.5 Å². The summed E-state index contributed by atoms with van der Waals surface area (Å²) < 4.78 is 0. The maximum Gasteiger partial charge on any atom is 1.00 e. The molecule has 4 rings (SSSR count). The molecule has 1 saturated carbocycles. The molecule has 6 heteroatoms. The number of carboxylic acids is 1. The molecule has 0 saturated heterocycles. The third-order valence-electron chi connectivity index (χ3n) is 7.74. The van der Waals surface area contributed by atoms with E-state index in [4.69, 9.17) is 0 Å². The van der Waals surface area contributed by atoms with Crippen molar-refractivity contribution < 1.29 is 35.0 Å². The number of hydrogen-bond acceptors (Lipinski definition) is 3. The average molecular weight is 538 g/mol. The summed E-state index contributed by atoms with van der Waals surface area (Å²) in [7, 11) is 0. The summed E-state index contributed by atoms with van der Waals surface area (Å²) in [5, 5.41) is 12.4. The molecule has 2 N–H and O–H groups in total. The molecule has 202 valence electrons. The fourth-order valence-electron chi connectivity index (χ4n) is 5.45. The van der Waals surface area contributed by atoms with Gasteiger partial charge in [0, 0.05) is 5.56 Å². The van der Waals surface area contributed by atoms with Crippen molar-refractivity contribution >= 4 is 23.6 Å². The van der Waals surface area contributed by atoms with Crippen LogP contribution in [0.15, 0.2) is 66.7 Å². The van der Waals surface area contributed by atoms with E-state index in [1.54, 1.807) is 11.8 Å². The van der Waals surface area contributed by atoms with E-state index in [1.807, 2.05) is 49.6 Å². The predicted molar refractivity (Wildman–Crippen MR) is 159 cm³/mol. The molecule has 39 heavy (non-hydrogen) atoms. The van der Waals surface area contributed by atoms with Gasteiger partial charge in [0.15, 0.2) is 0 Å². The van der Waals surface area contributed by atoms with Crippen molar-refractivity contribution in [3.63, 3.8) is 0 Å². The molecular formula is C33H40LiNO3S. The van der Waals surface area contributed by atoms with Gasteiger partial charge in [0.2, 0.25) is 0 Å². The molecule has 1 fully saturated rings. The Kier molecular flexibility index (Phi) is 12.2. The number of aliphatic carboxylic acids is 1. The van der Waals surface area contributed by atoms with Crippen molar-refractivity contribution in [2.45, 2.75) is 70.3 Å². The molecule has 0 radical (unpaired) electrons. The Balaban J connectivity index is 0.00000280. The molecule has 0 aliphatic heterocycles. The maximum atomic E-state index is 13.3. The van der Waals surface area contributed by atoms with E-state index in [0.717, 1.165) is 41.0 Å². The number of carbonyl (C=O) groups excluding carboxylic acids is 1. The van der Waals surface area contributed by atoms with Gasteiger partial charge in [-0.3, -0.25) is 4.79 Å². The van der Waals surface area contributed by atoms with Crippen molar-refractivity contribution in [2.24, 2.45) is 0 Å². The second-order valence-electron chi connectivity index (χ2n) is 10.4. The van der Waals surface area contributed by atoms with Gasteiger partial charge < -0.3 is 11.8 Å². The largest absolute Gasteiger partial charge is 1.00 e. The van der Waals surface area contributed by atoms with Gasteiger partial charge in [0.25, 0.3) is 5.91 Å². The van der Waals surface area contributed by atoms with Gasteiger partial charge in [0.1, 0.15) is 6.04 Å². The average Bonchev–Trinajstić information content (AvgIpc) is 2.95. The number of hydrogen-bond donors (Lipinski definition) is 2. The zero-order chi connectivity index (χ0) is 26.9. The van der Waals surface area contributed by atoms with Crippen LogP contribution in [0.2, 0.25) is 0 Å². The zero-order valence-electron chi connectivity index (χ0n) is 24.5. The maximum absolute atomic E-state index is 13.3. The molecule has 1 atom stereocenters. The van der Waals surface area contributed by atoms with Crippen LogP contribution in [0, 0.1) is 6.92 Å². The van der Waals surface area contributed by atoms with E-state index in [1.165, 1.54) is 43.2 Å². The third kappa shape index (κ3) is 8.51. The van der Waals surface area contributed by atoms with Crippen molar-refractivity contribution in [2.75, 3.05) is 12.0 Å². The normalized spacial score (nSPS) is 14.3. The first-order valence-electron chi connectivity index (χ1n) is 13.8. The molecule has 0 spiro atoms. The number of carboxylic acid groups (broad SMARTS) is 1. The van der Waals surface area contributed by atoms with Crippen LogP contribution in [0.1, 0.15) is 78.5 Å². The Morgan fingerprint density at radius 1 is 0.949 bits per heavy atom. The van der Waals surface area contributed by atoms with Crippen LogP contribution in [0.4, 0.5) is 0 Å². The minimum atomic E-state index is -1.00. The zero-order valence-corrected chi connectivity index (χ0v) is 24.4. The Morgan fingerprint density at radius 2 is 1.62 bits per heavy atom. The summed E-state index contributed by atoms with van der Waals surface area (Å²) in [5.74, 6) is 0.0369. The van der Waals surface area contributed by atoms with E-state index in [2.05, 4.69) is 35.6 Å². The second kappa shape index (κ2) is 15.4. The molecule has 1 aliphatic carbocycles. The second-order valence-corrected chi connectivity index (χ2v) is 11.4. The van der Waals surface area contributed by atoms with Crippen LogP contribution in [0.3, 0.4) is 0 Å². The van der Waals surface area contributed by atoms with Gasteiger partial charge >= 0.3 is 24.8 Å². The molecule has 1 amide bonds. The molecule has 0 bridgehead atoms. The van der Waals surface area contributed by atoms with Gasteiger partial charge in [0.05, 0.1) is 0 Å². The first-order chi connectivity index (χ1) is 18.5. The minimum absolute atomic E-state index is 0.